The molecular formula is C22H28N2O3S2. The molecule has 0 N–H and O–H groups in total. The van der Waals surface area contributed by atoms with Crippen LogP contribution in [-0.4, -0.2) is 62.1 Å². The summed E-state index contributed by atoms with van der Waals surface area (Å²) in [6.07, 6.45) is 5.88. The highest BCUT2D eigenvalue weighted by molar-refractivity contribution is 7.92. The molecule has 1 aromatic carbocycles. The van der Waals surface area contributed by atoms with E-state index in [9.17, 15) is 13.2 Å². The second kappa shape index (κ2) is 8.20. The summed E-state index contributed by atoms with van der Waals surface area (Å²) in [4.78, 5) is 18.6. The van der Waals surface area contributed by atoms with Gasteiger partial charge in [0, 0.05) is 41.9 Å². The Bertz CT molecular complexity index is 982. The number of hydrogen-bond donors (Lipinski definition) is 0. The Morgan fingerprint density at radius 1 is 1.07 bits per heavy atom. The van der Waals surface area contributed by atoms with Crippen molar-refractivity contribution in [1.82, 2.24) is 9.80 Å². The van der Waals surface area contributed by atoms with Crippen molar-refractivity contribution in [2.75, 3.05) is 25.9 Å². The summed E-state index contributed by atoms with van der Waals surface area (Å²) in [5.74, 6) is 0.105. The summed E-state index contributed by atoms with van der Waals surface area (Å²) in [7, 11) is -3.19. The smallest absolute Gasteiger partial charge is 0.254 e. The predicted molar refractivity (Wildman–Crippen MR) is 117 cm³/mol. The molecule has 2 atom stereocenters. The molecule has 2 aliphatic heterocycles. The van der Waals surface area contributed by atoms with E-state index >= 15 is 0 Å². The predicted octanol–water partition coefficient (Wildman–Crippen LogP) is 3.91. The number of nitrogens with zero attached hydrogens (tertiary/aromatic N) is 2. The molecule has 4 rings (SSSR count). The van der Waals surface area contributed by atoms with Crippen molar-refractivity contribution < 1.29 is 13.2 Å². The number of amides is 1. The Morgan fingerprint density at radius 2 is 1.79 bits per heavy atom. The molecule has 5 nitrogen and oxygen atoms in total. The van der Waals surface area contributed by atoms with E-state index in [-0.39, 0.29) is 5.91 Å². The van der Waals surface area contributed by atoms with Crippen molar-refractivity contribution in [2.45, 2.75) is 48.9 Å². The highest BCUT2D eigenvalue weighted by atomic mass is 32.2. The third-order valence-corrected chi connectivity index (χ3v) is 9.09. The summed E-state index contributed by atoms with van der Waals surface area (Å²) in [6.45, 7) is 5.24. The van der Waals surface area contributed by atoms with Gasteiger partial charge in [0.2, 0.25) is 0 Å². The number of benzene rings is 1. The van der Waals surface area contributed by atoms with Crippen LogP contribution in [0.2, 0.25) is 0 Å². The monoisotopic (exact) mass is 432 g/mol. The normalized spacial score (nSPS) is 23.0. The topological polar surface area (TPSA) is 57.7 Å². The van der Waals surface area contributed by atoms with Crippen LogP contribution < -0.4 is 0 Å². The number of thiophene rings is 1. The lowest BCUT2D eigenvalue weighted by Crippen LogP contribution is -2.44. The first kappa shape index (κ1) is 20.6. The van der Waals surface area contributed by atoms with E-state index in [1.165, 1.54) is 30.4 Å². The van der Waals surface area contributed by atoms with Crippen LogP contribution in [-0.2, 0) is 9.84 Å². The largest absolute Gasteiger partial charge is 0.334 e. The molecule has 156 valence electrons. The molecule has 2 fully saturated rings. The van der Waals surface area contributed by atoms with Crippen LogP contribution in [0.25, 0.3) is 10.4 Å². The van der Waals surface area contributed by atoms with Gasteiger partial charge in [0.25, 0.3) is 5.91 Å². The van der Waals surface area contributed by atoms with Crippen LogP contribution in [0.1, 0.15) is 43.0 Å². The number of rotatable bonds is 5. The quantitative estimate of drug-likeness (QED) is 0.719. The Labute approximate surface area is 177 Å². The van der Waals surface area contributed by atoms with Gasteiger partial charge in [-0.25, -0.2) is 8.42 Å². The van der Waals surface area contributed by atoms with E-state index in [4.69, 9.17) is 0 Å². The first-order chi connectivity index (χ1) is 13.8. The maximum atomic E-state index is 13.1. The van der Waals surface area contributed by atoms with Crippen molar-refractivity contribution >= 4 is 27.1 Å². The number of carbonyl (C=O) groups excluding carboxylic acids is 1. The van der Waals surface area contributed by atoms with Crippen molar-refractivity contribution in [3.05, 3.63) is 42.0 Å². The molecule has 0 spiro atoms. The maximum Gasteiger partial charge on any atom is 0.254 e. The minimum atomic E-state index is -3.19. The maximum absolute atomic E-state index is 13.1. The first-order valence-electron chi connectivity index (χ1n) is 10.3. The van der Waals surface area contributed by atoms with E-state index in [2.05, 4.69) is 11.8 Å². The standard InChI is InChI=1S/C22H28N2O3S2/c1-16-5-3-13-23(16)15-19-6-4-14-24(19)22(25)18-9-7-17(8-10-18)20-11-12-21(28-20)29(2,26)27/h7-12,16,19H,3-6,13-15H2,1-2H3/t16-,19?/m0/s1. The molecule has 3 heterocycles. The lowest BCUT2D eigenvalue weighted by atomic mass is 10.1. The van der Waals surface area contributed by atoms with Gasteiger partial charge in [-0.2, -0.15) is 0 Å². The highest BCUT2D eigenvalue weighted by Gasteiger charge is 2.33. The number of likely N-dealkylation sites (tertiary alicyclic amines) is 2. The molecule has 0 radical (unpaired) electrons. The lowest BCUT2D eigenvalue weighted by Gasteiger charge is -2.30. The molecule has 1 unspecified atom stereocenters. The van der Waals surface area contributed by atoms with Crippen LogP contribution >= 0.6 is 11.3 Å². The zero-order valence-corrected chi connectivity index (χ0v) is 18.6. The van der Waals surface area contributed by atoms with Gasteiger partial charge in [-0.1, -0.05) is 12.1 Å². The number of hydrogen-bond acceptors (Lipinski definition) is 5. The zero-order chi connectivity index (χ0) is 20.6. The van der Waals surface area contributed by atoms with Crippen LogP contribution in [0.5, 0.6) is 0 Å². The van der Waals surface area contributed by atoms with Crippen molar-refractivity contribution in [2.24, 2.45) is 0 Å². The Hall–Kier alpha value is -1.70. The van der Waals surface area contributed by atoms with Gasteiger partial charge in [-0.05, 0) is 69.0 Å². The van der Waals surface area contributed by atoms with Gasteiger partial charge < -0.3 is 4.90 Å². The molecule has 1 aromatic heterocycles. The van der Waals surface area contributed by atoms with Crippen LogP contribution in [0.4, 0.5) is 0 Å². The molecule has 7 heteroatoms. The van der Waals surface area contributed by atoms with Crippen LogP contribution in [0.3, 0.4) is 0 Å². The van der Waals surface area contributed by atoms with Crippen molar-refractivity contribution in [3.63, 3.8) is 0 Å². The third kappa shape index (κ3) is 4.42. The summed E-state index contributed by atoms with van der Waals surface area (Å²) < 4.78 is 23.8. The number of carbonyl (C=O) groups is 1. The molecule has 0 bridgehead atoms. The minimum Gasteiger partial charge on any atom is -0.334 e. The zero-order valence-electron chi connectivity index (χ0n) is 17.0. The summed E-state index contributed by atoms with van der Waals surface area (Å²) in [5, 5.41) is 0. The van der Waals surface area contributed by atoms with E-state index in [0.29, 0.717) is 21.9 Å². The molecule has 2 aliphatic rings. The van der Waals surface area contributed by atoms with E-state index in [1.807, 2.05) is 35.2 Å². The fourth-order valence-corrected chi connectivity index (χ4v) is 6.38. The number of sulfone groups is 1. The average molecular weight is 433 g/mol. The Balaban J connectivity index is 1.47. The lowest BCUT2D eigenvalue weighted by molar-refractivity contribution is 0.0696. The van der Waals surface area contributed by atoms with Gasteiger partial charge in [-0.15, -0.1) is 11.3 Å². The Kier molecular flexibility index (Phi) is 5.82. The van der Waals surface area contributed by atoms with Gasteiger partial charge in [-0.3, -0.25) is 9.69 Å². The molecule has 29 heavy (non-hydrogen) atoms. The second-order valence-corrected chi connectivity index (χ2v) is 11.6. The Morgan fingerprint density at radius 3 is 2.41 bits per heavy atom. The molecule has 2 saturated heterocycles. The van der Waals surface area contributed by atoms with Gasteiger partial charge >= 0.3 is 0 Å². The molecule has 1 amide bonds. The van der Waals surface area contributed by atoms with Gasteiger partial charge in [0.05, 0.1) is 0 Å². The molecule has 2 aromatic rings. The highest BCUT2D eigenvalue weighted by Crippen LogP contribution is 2.31. The van der Waals surface area contributed by atoms with Crippen LogP contribution in [0, 0.1) is 0 Å². The summed E-state index contributed by atoms with van der Waals surface area (Å²) >= 11 is 1.26. The fraction of sp³-hybridized carbons (Fsp3) is 0.500. The van der Waals surface area contributed by atoms with Crippen molar-refractivity contribution in [1.29, 1.82) is 0 Å². The van der Waals surface area contributed by atoms with Gasteiger partial charge in [0.1, 0.15) is 4.21 Å². The molecule has 0 aliphatic carbocycles. The fourth-order valence-electron chi connectivity index (χ4n) is 4.45. The summed E-state index contributed by atoms with van der Waals surface area (Å²) in [5.41, 5.74) is 1.64. The molecule has 0 saturated carbocycles. The van der Waals surface area contributed by atoms with E-state index < -0.39 is 9.84 Å². The molecular weight excluding hydrogens is 404 g/mol. The van der Waals surface area contributed by atoms with E-state index in [0.717, 1.165) is 42.9 Å². The third-order valence-electron chi connectivity index (χ3n) is 6.14. The average Bonchev–Trinajstić information content (AvgIpc) is 3.43. The second-order valence-electron chi connectivity index (χ2n) is 8.25. The minimum absolute atomic E-state index is 0.105. The summed E-state index contributed by atoms with van der Waals surface area (Å²) in [6, 6.07) is 12.0. The van der Waals surface area contributed by atoms with Crippen LogP contribution in [0.15, 0.2) is 40.6 Å². The van der Waals surface area contributed by atoms with E-state index in [1.54, 1.807) is 6.07 Å². The first-order valence-corrected chi connectivity index (χ1v) is 13.0. The SMILES string of the molecule is C[C@H]1CCCN1CC1CCCN1C(=O)c1ccc(-c2ccc(S(C)(=O)=O)s2)cc1. The van der Waals surface area contributed by atoms with Gasteiger partial charge in [0.15, 0.2) is 9.84 Å². The van der Waals surface area contributed by atoms with Crippen molar-refractivity contribution in [3.8, 4) is 10.4 Å².